The number of likely N-dealkylation sites (tertiary alicyclic amines) is 1. The molecule has 1 aromatic rings. The van der Waals surface area contributed by atoms with Crippen LogP contribution in [0.1, 0.15) is 31.0 Å². The quantitative estimate of drug-likeness (QED) is 0.830. The molecule has 0 saturated carbocycles. The van der Waals surface area contributed by atoms with Gasteiger partial charge in [0, 0.05) is 31.4 Å². The standard InChI is InChI=1S/C13H18N4/c1-10-6-12(15)3-5-17(10)9-11-2-4-16-13(7-11)8-14/h2,4,7,10,12H,3,5-6,9,15H2,1H3. The minimum Gasteiger partial charge on any atom is -0.328 e. The number of nitrogens with two attached hydrogens (primary N) is 1. The normalized spacial score (nSPS) is 25.5. The van der Waals surface area contributed by atoms with E-state index in [1.165, 1.54) is 0 Å². The predicted molar refractivity (Wildman–Crippen MR) is 66.0 cm³/mol. The van der Waals surface area contributed by atoms with Crippen LogP contribution in [0.3, 0.4) is 0 Å². The Balaban J connectivity index is 2.03. The average molecular weight is 230 g/mol. The molecule has 1 saturated heterocycles. The van der Waals surface area contributed by atoms with Gasteiger partial charge in [-0.3, -0.25) is 4.90 Å². The Labute approximate surface area is 102 Å². The summed E-state index contributed by atoms with van der Waals surface area (Å²) in [5.74, 6) is 0. The van der Waals surface area contributed by atoms with E-state index in [1.807, 2.05) is 12.1 Å². The first kappa shape index (κ1) is 12.0. The van der Waals surface area contributed by atoms with Gasteiger partial charge in [0.25, 0.3) is 0 Å². The molecule has 0 radical (unpaired) electrons. The second-order valence-corrected chi connectivity index (χ2v) is 4.77. The van der Waals surface area contributed by atoms with E-state index in [-0.39, 0.29) is 0 Å². The molecule has 1 aliphatic heterocycles. The maximum atomic E-state index is 8.81. The molecule has 1 aliphatic rings. The smallest absolute Gasteiger partial charge is 0.140 e. The van der Waals surface area contributed by atoms with Crippen LogP contribution < -0.4 is 5.73 Å². The van der Waals surface area contributed by atoms with Crippen LogP contribution in [0.4, 0.5) is 0 Å². The van der Waals surface area contributed by atoms with Crippen molar-refractivity contribution in [2.45, 2.75) is 38.4 Å². The minimum absolute atomic E-state index is 0.341. The minimum atomic E-state index is 0.341. The van der Waals surface area contributed by atoms with E-state index in [1.54, 1.807) is 6.20 Å². The number of rotatable bonds is 2. The number of aromatic nitrogens is 1. The van der Waals surface area contributed by atoms with E-state index in [2.05, 4.69) is 22.9 Å². The maximum Gasteiger partial charge on any atom is 0.140 e. The zero-order valence-electron chi connectivity index (χ0n) is 10.1. The summed E-state index contributed by atoms with van der Waals surface area (Å²) in [6.45, 7) is 4.13. The molecular weight excluding hydrogens is 212 g/mol. The van der Waals surface area contributed by atoms with Crippen LogP contribution in [0, 0.1) is 11.3 Å². The lowest BCUT2D eigenvalue weighted by Crippen LogP contribution is -2.44. The highest BCUT2D eigenvalue weighted by Gasteiger charge is 2.22. The van der Waals surface area contributed by atoms with Crippen LogP contribution in [-0.4, -0.2) is 28.5 Å². The number of hydrogen-bond donors (Lipinski definition) is 1. The zero-order valence-corrected chi connectivity index (χ0v) is 10.1. The molecule has 0 bridgehead atoms. The Hall–Kier alpha value is -1.44. The first-order valence-corrected chi connectivity index (χ1v) is 6.03. The van der Waals surface area contributed by atoms with Crippen LogP contribution >= 0.6 is 0 Å². The van der Waals surface area contributed by atoms with Crippen molar-refractivity contribution in [2.75, 3.05) is 6.54 Å². The lowest BCUT2D eigenvalue weighted by Gasteiger charge is -2.36. The molecule has 0 aromatic carbocycles. The van der Waals surface area contributed by atoms with Crippen molar-refractivity contribution < 1.29 is 0 Å². The number of hydrogen-bond acceptors (Lipinski definition) is 4. The molecule has 2 heterocycles. The highest BCUT2D eigenvalue weighted by molar-refractivity contribution is 5.25. The molecule has 2 unspecified atom stereocenters. The van der Waals surface area contributed by atoms with Crippen molar-refractivity contribution in [1.82, 2.24) is 9.88 Å². The van der Waals surface area contributed by atoms with Gasteiger partial charge in [0.15, 0.2) is 0 Å². The van der Waals surface area contributed by atoms with Gasteiger partial charge in [-0.2, -0.15) is 5.26 Å². The summed E-state index contributed by atoms with van der Waals surface area (Å²) < 4.78 is 0. The number of nitrogens with zero attached hydrogens (tertiary/aromatic N) is 3. The fourth-order valence-corrected chi connectivity index (χ4v) is 2.36. The second kappa shape index (κ2) is 5.26. The summed E-state index contributed by atoms with van der Waals surface area (Å²) in [6, 6.07) is 6.76. The lowest BCUT2D eigenvalue weighted by atomic mass is 9.98. The van der Waals surface area contributed by atoms with Gasteiger partial charge >= 0.3 is 0 Å². The van der Waals surface area contributed by atoms with Gasteiger partial charge in [0.05, 0.1) is 0 Å². The topological polar surface area (TPSA) is 65.9 Å². The summed E-state index contributed by atoms with van der Waals surface area (Å²) in [4.78, 5) is 6.40. The molecule has 1 fully saturated rings. The fourth-order valence-electron chi connectivity index (χ4n) is 2.36. The number of nitriles is 1. The van der Waals surface area contributed by atoms with Gasteiger partial charge in [0.2, 0.25) is 0 Å². The van der Waals surface area contributed by atoms with Crippen molar-refractivity contribution in [3.63, 3.8) is 0 Å². The Morgan fingerprint density at radius 1 is 1.65 bits per heavy atom. The lowest BCUT2D eigenvalue weighted by molar-refractivity contribution is 0.140. The summed E-state index contributed by atoms with van der Waals surface area (Å²) in [5.41, 5.74) is 7.59. The van der Waals surface area contributed by atoms with Crippen molar-refractivity contribution in [3.05, 3.63) is 29.6 Å². The molecule has 4 heteroatoms. The molecule has 17 heavy (non-hydrogen) atoms. The Kier molecular flexibility index (Phi) is 3.72. The van der Waals surface area contributed by atoms with Crippen molar-refractivity contribution in [3.8, 4) is 6.07 Å². The Bertz CT molecular complexity index is 424. The molecule has 2 atom stereocenters. The first-order valence-electron chi connectivity index (χ1n) is 6.03. The molecule has 0 spiro atoms. The Morgan fingerprint density at radius 3 is 3.18 bits per heavy atom. The second-order valence-electron chi connectivity index (χ2n) is 4.77. The number of pyridine rings is 1. The molecule has 90 valence electrons. The van der Waals surface area contributed by atoms with Gasteiger partial charge in [-0.05, 0) is 37.5 Å². The summed E-state index contributed by atoms with van der Waals surface area (Å²) >= 11 is 0. The molecule has 0 aliphatic carbocycles. The van der Waals surface area contributed by atoms with Crippen molar-refractivity contribution in [2.24, 2.45) is 5.73 Å². The zero-order chi connectivity index (χ0) is 12.3. The first-order chi connectivity index (χ1) is 8.19. The summed E-state index contributed by atoms with van der Waals surface area (Å²) in [7, 11) is 0. The van der Waals surface area contributed by atoms with E-state index < -0.39 is 0 Å². The number of piperidine rings is 1. The van der Waals surface area contributed by atoms with E-state index in [0.29, 0.717) is 17.8 Å². The third-order valence-electron chi connectivity index (χ3n) is 3.38. The largest absolute Gasteiger partial charge is 0.328 e. The van der Waals surface area contributed by atoms with Gasteiger partial charge in [-0.1, -0.05) is 0 Å². The van der Waals surface area contributed by atoms with E-state index in [4.69, 9.17) is 11.0 Å². The van der Waals surface area contributed by atoms with E-state index in [0.717, 1.165) is 31.5 Å². The third kappa shape index (κ3) is 3.02. The Morgan fingerprint density at radius 2 is 2.47 bits per heavy atom. The molecule has 2 N–H and O–H groups in total. The van der Waals surface area contributed by atoms with Crippen LogP contribution in [0.15, 0.2) is 18.3 Å². The highest BCUT2D eigenvalue weighted by Crippen LogP contribution is 2.18. The summed E-state index contributed by atoms with van der Waals surface area (Å²) in [6.07, 6.45) is 3.81. The van der Waals surface area contributed by atoms with Gasteiger partial charge in [0.1, 0.15) is 11.8 Å². The van der Waals surface area contributed by atoms with E-state index in [9.17, 15) is 0 Å². The van der Waals surface area contributed by atoms with E-state index >= 15 is 0 Å². The fraction of sp³-hybridized carbons (Fsp3) is 0.538. The van der Waals surface area contributed by atoms with Crippen molar-refractivity contribution >= 4 is 0 Å². The van der Waals surface area contributed by atoms with Gasteiger partial charge in [-0.25, -0.2) is 4.98 Å². The molecule has 2 rings (SSSR count). The van der Waals surface area contributed by atoms with Crippen LogP contribution in [0.25, 0.3) is 0 Å². The van der Waals surface area contributed by atoms with Crippen molar-refractivity contribution in [1.29, 1.82) is 5.26 Å². The molecule has 4 nitrogen and oxygen atoms in total. The van der Waals surface area contributed by atoms with Crippen LogP contribution in [0.5, 0.6) is 0 Å². The third-order valence-corrected chi connectivity index (χ3v) is 3.38. The molecule has 1 aromatic heterocycles. The average Bonchev–Trinajstić information content (AvgIpc) is 2.33. The SMILES string of the molecule is CC1CC(N)CCN1Cc1ccnc(C#N)c1. The predicted octanol–water partition coefficient (Wildman–Crippen LogP) is 1.26. The van der Waals surface area contributed by atoms with Crippen LogP contribution in [0.2, 0.25) is 0 Å². The van der Waals surface area contributed by atoms with Gasteiger partial charge in [-0.15, -0.1) is 0 Å². The monoisotopic (exact) mass is 230 g/mol. The van der Waals surface area contributed by atoms with Crippen LogP contribution in [-0.2, 0) is 6.54 Å². The summed E-state index contributed by atoms with van der Waals surface area (Å²) in [5, 5.41) is 8.81. The van der Waals surface area contributed by atoms with Gasteiger partial charge < -0.3 is 5.73 Å². The maximum absolute atomic E-state index is 8.81. The highest BCUT2D eigenvalue weighted by atomic mass is 15.2. The molecular formula is C13H18N4. The molecule has 0 amide bonds.